The quantitative estimate of drug-likeness (QED) is 0.754. The minimum absolute atomic E-state index is 0.113. The second kappa shape index (κ2) is 3.80. The molecule has 0 aliphatic carbocycles. The zero-order chi connectivity index (χ0) is 11.7. The third-order valence-corrected chi connectivity index (χ3v) is 1.96. The van der Waals surface area contributed by atoms with Gasteiger partial charge in [-0.3, -0.25) is 4.79 Å². The maximum atomic E-state index is 12.9. The Morgan fingerprint density at radius 1 is 1.12 bits per heavy atom. The molecule has 1 heterocycles. The second-order valence-electron chi connectivity index (χ2n) is 3.02. The van der Waals surface area contributed by atoms with Gasteiger partial charge in [0, 0.05) is 18.0 Å². The summed E-state index contributed by atoms with van der Waals surface area (Å²) in [6, 6.07) is 1.44. The van der Waals surface area contributed by atoms with Crippen molar-refractivity contribution >= 4 is 0 Å². The molecule has 0 fully saturated rings. The summed E-state index contributed by atoms with van der Waals surface area (Å²) < 4.78 is 38.5. The van der Waals surface area contributed by atoms with Crippen LogP contribution in [0, 0.1) is 17.5 Å². The van der Waals surface area contributed by atoms with Gasteiger partial charge < -0.3 is 4.98 Å². The van der Waals surface area contributed by atoms with Gasteiger partial charge in [-0.1, -0.05) is 0 Å². The Bertz CT molecular complexity index is 572. The molecule has 0 radical (unpaired) electrons. The van der Waals surface area contributed by atoms with E-state index in [1.165, 1.54) is 12.4 Å². The average Bonchev–Trinajstić information content (AvgIpc) is 2.26. The van der Waals surface area contributed by atoms with Gasteiger partial charge in [-0.2, -0.15) is 0 Å². The van der Waals surface area contributed by atoms with E-state index in [1.807, 2.05) is 0 Å². The number of H-pyrrole nitrogens is 1. The molecule has 2 rings (SSSR count). The number of aromatic amines is 1. The minimum atomic E-state index is -1.57. The van der Waals surface area contributed by atoms with Gasteiger partial charge in [0.15, 0.2) is 17.5 Å². The summed E-state index contributed by atoms with van der Waals surface area (Å²) in [5, 5.41) is 0. The molecule has 6 heteroatoms. The van der Waals surface area contributed by atoms with Crippen LogP contribution < -0.4 is 5.56 Å². The lowest BCUT2D eigenvalue weighted by molar-refractivity contribution is 0.447. The zero-order valence-electron chi connectivity index (χ0n) is 7.80. The van der Waals surface area contributed by atoms with Crippen LogP contribution in [0.15, 0.2) is 29.3 Å². The van der Waals surface area contributed by atoms with Crippen LogP contribution in [0.4, 0.5) is 13.2 Å². The number of rotatable bonds is 1. The summed E-state index contributed by atoms with van der Waals surface area (Å²) in [6.45, 7) is 0. The van der Waals surface area contributed by atoms with Crippen molar-refractivity contribution in [3.05, 3.63) is 52.3 Å². The molecule has 16 heavy (non-hydrogen) atoms. The summed E-state index contributed by atoms with van der Waals surface area (Å²) >= 11 is 0. The van der Waals surface area contributed by atoms with E-state index in [2.05, 4.69) is 9.97 Å². The molecule has 0 aliphatic rings. The van der Waals surface area contributed by atoms with Crippen LogP contribution in [0.5, 0.6) is 0 Å². The van der Waals surface area contributed by atoms with E-state index in [-0.39, 0.29) is 11.3 Å². The SMILES string of the molecule is O=c1[nH]ccnc1-c1cc(F)c(F)c(F)c1. The summed E-state index contributed by atoms with van der Waals surface area (Å²) in [4.78, 5) is 17.2. The number of hydrogen-bond acceptors (Lipinski definition) is 2. The van der Waals surface area contributed by atoms with Crippen molar-refractivity contribution in [3.63, 3.8) is 0 Å². The van der Waals surface area contributed by atoms with Crippen molar-refractivity contribution in [2.24, 2.45) is 0 Å². The van der Waals surface area contributed by atoms with Crippen molar-refractivity contribution in [1.82, 2.24) is 9.97 Å². The van der Waals surface area contributed by atoms with Crippen molar-refractivity contribution in [2.75, 3.05) is 0 Å². The summed E-state index contributed by atoms with van der Waals surface area (Å²) in [7, 11) is 0. The summed E-state index contributed by atoms with van der Waals surface area (Å²) in [5.41, 5.74) is -0.883. The van der Waals surface area contributed by atoms with Gasteiger partial charge >= 0.3 is 0 Å². The highest BCUT2D eigenvalue weighted by Gasteiger charge is 2.13. The fraction of sp³-hybridized carbons (Fsp3) is 0. The predicted molar refractivity (Wildman–Crippen MR) is 50.2 cm³/mol. The molecule has 3 nitrogen and oxygen atoms in total. The minimum Gasteiger partial charge on any atom is -0.326 e. The van der Waals surface area contributed by atoms with Gasteiger partial charge in [0.2, 0.25) is 0 Å². The predicted octanol–water partition coefficient (Wildman–Crippen LogP) is 1.85. The fourth-order valence-electron chi connectivity index (χ4n) is 1.25. The maximum Gasteiger partial charge on any atom is 0.274 e. The van der Waals surface area contributed by atoms with Gasteiger partial charge in [0.05, 0.1) is 0 Å². The number of nitrogens with zero attached hydrogens (tertiary/aromatic N) is 1. The third kappa shape index (κ3) is 1.69. The van der Waals surface area contributed by atoms with E-state index < -0.39 is 23.0 Å². The van der Waals surface area contributed by atoms with Gasteiger partial charge in [-0.15, -0.1) is 0 Å². The first-order valence-electron chi connectivity index (χ1n) is 4.28. The largest absolute Gasteiger partial charge is 0.326 e. The summed E-state index contributed by atoms with van der Waals surface area (Å²) in [6.07, 6.45) is 2.54. The maximum absolute atomic E-state index is 12.9. The van der Waals surface area contributed by atoms with Crippen LogP contribution in [0.2, 0.25) is 0 Å². The summed E-state index contributed by atoms with van der Waals surface area (Å²) in [5.74, 6) is -4.30. The Morgan fingerprint density at radius 2 is 1.75 bits per heavy atom. The number of aromatic nitrogens is 2. The Hall–Kier alpha value is -2.11. The van der Waals surface area contributed by atoms with Gasteiger partial charge in [-0.05, 0) is 12.1 Å². The number of nitrogens with one attached hydrogen (secondary N) is 1. The second-order valence-corrected chi connectivity index (χ2v) is 3.02. The van der Waals surface area contributed by atoms with Crippen LogP contribution in [0.1, 0.15) is 0 Å². The molecular weight excluding hydrogens is 221 g/mol. The molecule has 0 unspecified atom stereocenters. The zero-order valence-corrected chi connectivity index (χ0v) is 7.80. The average molecular weight is 226 g/mol. The van der Waals surface area contributed by atoms with E-state index >= 15 is 0 Å². The molecule has 82 valence electrons. The molecule has 0 saturated carbocycles. The molecule has 2 aromatic rings. The Morgan fingerprint density at radius 3 is 2.31 bits per heavy atom. The van der Waals surface area contributed by atoms with Gasteiger partial charge in [-0.25, -0.2) is 18.2 Å². The monoisotopic (exact) mass is 226 g/mol. The first-order chi connectivity index (χ1) is 7.59. The van der Waals surface area contributed by atoms with Crippen LogP contribution in [-0.2, 0) is 0 Å². The molecule has 0 aliphatic heterocycles. The molecule has 1 aromatic carbocycles. The number of hydrogen-bond donors (Lipinski definition) is 1. The smallest absolute Gasteiger partial charge is 0.274 e. The molecule has 1 aromatic heterocycles. The Kier molecular flexibility index (Phi) is 2.47. The molecule has 1 N–H and O–H groups in total. The standard InChI is InChI=1S/C10H5F3N2O/c11-6-3-5(4-7(12)8(6)13)9-10(16)15-2-1-14-9/h1-4H,(H,15,16). The molecular formula is C10H5F3N2O. The molecule has 0 atom stereocenters. The van der Waals surface area contributed by atoms with Crippen molar-refractivity contribution in [1.29, 1.82) is 0 Å². The first kappa shape index (κ1) is 10.4. The lowest BCUT2D eigenvalue weighted by atomic mass is 10.1. The van der Waals surface area contributed by atoms with E-state index in [4.69, 9.17) is 0 Å². The molecule has 0 bridgehead atoms. The van der Waals surface area contributed by atoms with E-state index in [0.29, 0.717) is 0 Å². The highest BCUT2D eigenvalue weighted by molar-refractivity contribution is 5.57. The van der Waals surface area contributed by atoms with Crippen LogP contribution in [0.3, 0.4) is 0 Å². The third-order valence-electron chi connectivity index (χ3n) is 1.96. The Balaban J connectivity index is 2.67. The van der Waals surface area contributed by atoms with Crippen LogP contribution >= 0.6 is 0 Å². The number of benzene rings is 1. The van der Waals surface area contributed by atoms with Crippen LogP contribution in [-0.4, -0.2) is 9.97 Å². The van der Waals surface area contributed by atoms with E-state index in [1.54, 1.807) is 0 Å². The first-order valence-corrected chi connectivity index (χ1v) is 4.28. The molecule has 0 spiro atoms. The Labute approximate surface area is 87.6 Å². The van der Waals surface area contributed by atoms with E-state index in [9.17, 15) is 18.0 Å². The van der Waals surface area contributed by atoms with Crippen LogP contribution in [0.25, 0.3) is 11.3 Å². The highest BCUT2D eigenvalue weighted by atomic mass is 19.2. The molecule has 0 amide bonds. The van der Waals surface area contributed by atoms with Gasteiger partial charge in [0.1, 0.15) is 5.69 Å². The van der Waals surface area contributed by atoms with Crippen molar-refractivity contribution < 1.29 is 13.2 Å². The highest BCUT2D eigenvalue weighted by Crippen LogP contribution is 2.19. The topological polar surface area (TPSA) is 45.8 Å². The lowest BCUT2D eigenvalue weighted by Gasteiger charge is -2.01. The number of halogens is 3. The fourth-order valence-corrected chi connectivity index (χ4v) is 1.25. The van der Waals surface area contributed by atoms with E-state index in [0.717, 1.165) is 12.1 Å². The normalized spacial score (nSPS) is 10.4. The van der Waals surface area contributed by atoms with Gasteiger partial charge in [0.25, 0.3) is 5.56 Å². The lowest BCUT2D eigenvalue weighted by Crippen LogP contribution is -2.10. The van der Waals surface area contributed by atoms with Crippen molar-refractivity contribution in [3.8, 4) is 11.3 Å². The van der Waals surface area contributed by atoms with Crippen molar-refractivity contribution in [2.45, 2.75) is 0 Å². The molecule has 0 saturated heterocycles.